The molecule has 3 heteroatoms. The molecule has 0 amide bonds. The van der Waals surface area contributed by atoms with Crippen molar-refractivity contribution in [1.29, 1.82) is 0 Å². The fourth-order valence-electron chi connectivity index (χ4n) is 1.77. The van der Waals surface area contributed by atoms with Gasteiger partial charge in [-0.3, -0.25) is 0 Å². The summed E-state index contributed by atoms with van der Waals surface area (Å²) in [6.45, 7) is 12.6. The molecule has 0 aliphatic rings. The number of hydrogen-bond donors (Lipinski definition) is 1. The van der Waals surface area contributed by atoms with Gasteiger partial charge in [0.2, 0.25) is 0 Å². The third kappa shape index (κ3) is 3.30. The number of pyridine rings is 1. The Hall–Kier alpha value is -1.35. The Morgan fingerprint density at radius 1 is 1.53 bits per heavy atom. The van der Waals surface area contributed by atoms with Gasteiger partial charge in [-0.05, 0) is 33.8 Å². The highest BCUT2D eigenvalue weighted by molar-refractivity contribution is 5.50. The smallest absolute Gasteiger partial charge is 0.135 e. The molecule has 0 aliphatic carbocycles. The van der Waals surface area contributed by atoms with Crippen molar-refractivity contribution in [3.63, 3.8) is 0 Å². The molecule has 1 aromatic rings. The summed E-state index contributed by atoms with van der Waals surface area (Å²) in [5.74, 6) is 0.829. The molecule has 17 heavy (non-hydrogen) atoms. The average Bonchev–Trinajstić information content (AvgIpc) is 2.24. The average molecular weight is 234 g/mol. The van der Waals surface area contributed by atoms with Crippen molar-refractivity contribution in [3.05, 3.63) is 36.5 Å². The van der Waals surface area contributed by atoms with Crippen molar-refractivity contribution >= 4 is 5.82 Å². The van der Waals surface area contributed by atoms with Crippen molar-refractivity contribution < 1.29 is 5.11 Å². The molecular weight excluding hydrogens is 212 g/mol. The first-order valence-electron chi connectivity index (χ1n) is 5.89. The molecule has 0 aliphatic heterocycles. The van der Waals surface area contributed by atoms with Gasteiger partial charge in [-0.1, -0.05) is 12.1 Å². The molecule has 0 spiro atoms. The quantitative estimate of drug-likeness (QED) is 0.814. The molecule has 0 aromatic carbocycles. The van der Waals surface area contributed by atoms with Crippen LogP contribution in [0, 0.1) is 0 Å². The van der Waals surface area contributed by atoms with E-state index >= 15 is 0 Å². The van der Waals surface area contributed by atoms with Crippen molar-refractivity contribution in [1.82, 2.24) is 4.98 Å². The van der Waals surface area contributed by atoms with Crippen LogP contribution >= 0.6 is 0 Å². The Balaban J connectivity index is 3.23. The predicted octanol–water partition coefficient (Wildman–Crippen LogP) is 2.93. The standard InChI is InChI=1S/C14H22N2O/c1-6-10-16(14(3,4)5)13-12(11(2)17)8-7-9-15-13/h6-9,11,17H,1,10H2,2-5H3/t11-/m1/s1. The lowest BCUT2D eigenvalue weighted by Gasteiger charge is -2.37. The predicted molar refractivity (Wildman–Crippen MR) is 72.2 cm³/mol. The second-order valence-electron chi connectivity index (χ2n) is 5.16. The number of aliphatic hydroxyl groups excluding tert-OH is 1. The van der Waals surface area contributed by atoms with Crippen LogP contribution in [0.15, 0.2) is 31.0 Å². The van der Waals surface area contributed by atoms with Crippen LogP contribution in [0.1, 0.15) is 39.4 Å². The molecule has 3 nitrogen and oxygen atoms in total. The van der Waals surface area contributed by atoms with Gasteiger partial charge in [0.05, 0.1) is 6.10 Å². The van der Waals surface area contributed by atoms with Crippen molar-refractivity contribution in [3.8, 4) is 0 Å². The van der Waals surface area contributed by atoms with E-state index in [1.807, 2.05) is 18.2 Å². The van der Waals surface area contributed by atoms with Crippen molar-refractivity contribution in [2.75, 3.05) is 11.4 Å². The van der Waals surface area contributed by atoms with Gasteiger partial charge >= 0.3 is 0 Å². The highest BCUT2D eigenvalue weighted by Gasteiger charge is 2.24. The van der Waals surface area contributed by atoms with E-state index in [0.29, 0.717) is 6.54 Å². The zero-order valence-corrected chi connectivity index (χ0v) is 11.1. The van der Waals surface area contributed by atoms with Crippen molar-refractivity contribution in [2.45, 2.75) is 39.3 Å². The summed E-state index contributed by atoms with van der Waals surface area (Å²) in [6.07, 6.45) is 3.09. The molecule has 1 aromatic heterocycles. The molecule has 94 valence electrons. The lowest BCUT2D eigenvalue weighted by Crippen LogP contribution is -2.42. The fourth-order valence-corrected chi connectivity index (χ4v) is 1.77. The third-order valence-electron chi connectivity index (χ3n) is 2.64. The second-order valence-corrected chi connectivity index (χ2v) is 5.16. The fraction of sp³-hybridized carbons (Fsp3) is 0.500. The summed E-state index contributed by atoms with van der Waals surface area (Å²) in [5.41, 5.74) is 0.788. The number of nitrogens with zero attached hydrogens (tertiary/aromatic N) is 2. The van der Waals surface area contributed by atoms with E-state index in [0.717, 1.165) is 11.4 Å². The monoisotopic (exact) mass is 234 g/mol. The summed E-state index contributed by atoms with van der Waals surface area (Å²) in [5, 5.41) is 9.79. The topological polar surface area (TPSA) is 36.4 Å². The maximum atomic E-state index is 9.79. The van der Waals surface area contributed by atoms with Crippen LogP contribution in [0.25, 0.3) is 0 Å². The maximum Gasteiger partial charge on any atom is 0.135 e. The molecule has 0 fully saturated rings. The van der Waals surface area contributed by atoms with E-state index in [4.69, 9.17) is 0 Å². The number of anilines is 1. The molecule has 0 bridgehead atoms. The van der Waals surface area contributed by atoms with Gasteiger partial charge in [-0.2, -0.15) is 0 Å². The Morgan fingerprint density at radius 2 is 2.18 bits per heavy atom. The maximum absolute atomic E-state index is 9.79. The minimum Gasteiger partial charge on any atom is -0.389 e. The first kappa shape index (κ1) is 13.7. The first-order chi connectivity index (χ1) is 7.88. The van der Waals surface area contributed by atoms with Gasteiger partial charge in [0.25, 0.3) is 0 Å². The van der Waals surface area contributed by atoms with Crippen molar-refractivity contribution in [2.24, 2.45) is 0 Å². The Labute approximate surface area is 104 Å². The largest absolute Gasteiger partial charge is 0.389 e. The van der Waals surface area contributed by atoms with Gasteiger partial charge in [0.1, 0.15) is 5.82 Å². The van der Waals surface area contributed by atoms with Crippen LogP contribution in [-0.4, -0.2) is 22.2 Å². The van der Waals surface area contributed by atoms with Crippen LogP contribution in [0.5, 0.6) is 0 Å². The minimum atomic E-state index is -0.520. The first-order valence-corrected chi connectivity index (χ1v) is 5.89. The molecule has 1 N–H and O–H groups in total. The molecule has 0 saturated heterocycles. The highest BCUT2D eigenvalue weighted by Crippen LogP contribution is 2.28. The second kappa shape index (κ2) is 5.32. The molecule has 0 saturated carbocycles. The van der Waals surface area contributed by atoms with Gasteiger partial charge in [0, 0.05) is 23.8 Å². The minimum absolute atomic E-state index is 0.0633. The van der Waals surface area contributed by atoms with Gasteiger partial charge in [-0.15, -0.1) is 6.58 Å². The summed E-state index contributed by atoms with van der Waals surface area (Å²) >= 11 is 0. The normalized spacial score (nSPS) is 13.2. The Morgan fingerprint density at radius 3 is 2.65 bits per heavy atom. The summed E-state index contributed by atoms with van der Waals surface area (Å²) in [4.78, 5) is 6.54. The van der Waals surface area contributed by atoms with E-state index in [9.17, 15) is 5.11 Å². The summed E-state index contributed by atoms with van der Waals surface area (Å²) < 4.78 is 0. The summed E-state index contributed by atoms with van der Waals surface area (Å²) in [6, 6.07) is 3.76. The number of aromatic nitrogens is 1. The van der Waals surface area contributed by atoms with E-state index in [1.54, 1.807) is 13.1 Å². The lowest BCUT2D eigenvalue weighted by atomic mass is 10.0. The molecule has 0 radical (unpaired) electrons. The number of hydrogen-bond acceptors (Lipinski definition) is 3. The molecule has 0 unspecified atom stereocenters. The van der Waals surface area contributed by atoms with Crippen LogP contribution < -0.4 is 4.90 Å². The van der Waals surface area contributed by atoms with E-state index < -0.39 is 6.10 Å². The Kier molecular flexibility index (Phi) is 4.29. The Bertz CT molecular complexity index is 380. The van der Waals surface area contributed by atoms with E-state index in [2.05, 4.69) is 37.2 Å². The molecule has 1 rings (SSSR count). The number of rotatable bonds is 4. The van der Waals surface area contributed by atoms with Crippen LogP contribution in [0.3, 0.4) is 0 Å². The van der Waals surface area contributed by atoms with E-state index in [1.165, 1.54) is 0 Å². The molecule has 1 heterocycles. The lowest BCUT2D eigenvalue weighted by molar-refractivity contribution is 0.199. The van der Waals surface area contributed by atoms with E-state index in [-0.39, 0.29) is 5.54 Å². The van der Waals surface area contributed by atoms with Gasteiger partial charge in [0.15, 0.2) is 0 Å². The highest BCUT2D eigenvalue weighted by atomic mass is 16.3. The van der Waals surface area contributed by atoms with Gasteiger partial charge < -0.3 is 10.0 Å². The third-order valence-corrected chi connectivity index (χ3v) is 2.64. The zero-order valence-electron chi connectivity index (χ0n) is 11.1. The van der Waals surface area contributed by atoms with Crippen LogP contribution in [0.2, 0.25) is 0 Å². The SMILES string of the molecule is C=CCN(c1ncccc1[C@@H](C)O)C(C)(C)C. The van der Waals surface area contributed by atoms with Crippen LogP contribution in [-0.2, 0) is 0 Å². The summed E-state index contributed by atoms with van der Waals surface area (Å²) in [7, 11) is 0. The molecular formula is C14H22N2O. The van der Waals surface area contributed by atoms with Gasteiger partial charge in [-0.25, -0.2) is 4.98 Å². The van der Waals surface area contributed by atoms with Crippen LogP contribution in [0.4, 0.5) is 5.82 Å². The number of aliphatic hydroxyl groups is 1. The molecule has 1 atom stereocenters. The zero-order chi connectivity index (χ0) is 13.1.